The van der Waals surface area contributed by atoms with Gasteiger partial charge in [0.2, 0.25) is 0 Å². The first-order valence-electron chi connectivity index (χ1n) is 5.04. The van der Waals surface area contributed by atoms with E-state index >= 15 is 0 Å². The number of nitrogens with two attached hydrogens (primary N) is 1. The van der Waals surface area contributed by atoms with Gasteiger partial charge in [-0.25, -0.2) is 13.2 Å². The van der Waals surface area contributed by atoms with Crippen LogP contribution in [-0.4, -0.2) is 0 Å². The first-order chi connectivity index (χ1) is 8.06. The summed E-state index contributed by atoms with van der Waals surface area (Å²) >= 11 is 0. The molecule has 0 saturated carbocycles. The normalized spacial score (nSPS) is 10.5. The number of benzene rings is 2. The highest BCUT2D eigenvalue weighted by Gasteiger charge is 2.10. The Morgan fingerprint density at radius 1 is 0.882 bits per heavy atom. The predicted octanol–water partition coefficient (Wildman–Crippen LogP) is 3.28. The van der Waals surface area contributed by atoms with Gasteiger partial charge in [0.1, 0.15) is 17.5 Å². The summed E-state index contributed by atoms with van der Waals surface area (Å²) in [4.78, 5) is 0. The third-order valence-electron chi connectivity index (χ3n) is 2.46. The monoisotopic (exact) mass is 237 g/mol. The first-order valence-corrected chi connectivity index (χ1v) is 5.04. The zero-order valence-electron chi connectivity index (χ0n) is 8.88. The van der Waals surface area contributed by atoms with Crippen molar-refractivity contribution in [1.82, 2.24) is 0 Å². The average Bonchev–Trinajstić information content (AvgIpc) is 2.26. The molecule has 88 valence electrons. The molecule has 2 rings (SSSR count). The topological polar surface area (TPSA) is 26.0 Å². The minimum Gasteiger partial charge on any atom is -0.399 e. The zero-order valence-corrected chi connectivity index (χ0v) is 8.88. The van der Waals surface area contributed by atoms with E-state index in [1.54, 1.807) is 0 Å². The van der Waals surface area contributed by atoms with Crippen LogP contribution in [-0.2, 0) is 6.42 Å². The molecule has 1 nitrogen and oxygen atoms in total. The van der Waals surface area contributed by atoms with Crippen molar-refractivity contribution in [3.8, 4) is 0 Å². The van der Waals surface area contributed by atoms with Crippen LogP contribution in [0.4, 0.5) is 18.9 Å². The lowest BCUT2D eigenvalue weighted by atomic mass is 10.0. The van der Waals surface area contributed by atoms with Gasteiger partial charge in [-0.15, -0.1) is 0 Å². The molecular weight excluding hydrogens is 227 g/mol. The SMILES string of the molecule is Nc1cc(F)c(Cc2ccc(F)cc2)c(F)c1. The van der Waals surface area contributed by atoms with Gasteiger partial charge in [0.25, 0.3) is 0 Å². The fourth-order valence-corrected chi connectivity index (χ4v) is 1.60. The molecule has 0 spiro atoms. The molecular formula is C13H10F3N. The fourth-order valence-electron chi connectivity index (χ4n) is 1.60. The Kier molecular flexibility index (Phi) is 3.04. The maximum Gasteiger partial charge on any atom is 0.131 e. The van der Waals surface area contributed by atoms with Crippen LogP contribution in [0.1, 0.15) is 11.1 Å². The number of rotatable bonds is 2. The molecule has 4 heteroatoms. The van der Waals surface area contributed by atoms with E-state index in [-0.39, 0.29) is 23.5 Å². The van der Waals surface area contributed by atoms with Crippen LogP contribution in [0, 0.1) is 17.5 Å². The van der Waals surface area contributed by atoms with Crippen molar-refractivity contribution in [1.29, 1.82) is 0 Å². The van der Waals surface area contributed by atoms with Crippen LogP contribution in [0.2, 0.25) is 0 Å². The molecule has 0 aliphatic rings. The molecule has 0 amide bonds. The molecule has 0 fully saturated rings. The Hall–Kier alpha value is -1.97. The molecule has 0 aromatic heterocycles. The van der Waals surface area contributed by atoms with Crippen LogP contribution in [0.3, 0.4) is 0 Å². The predicted molar refractivity (Wildman–Crippen MR) is 60.0 cm³/mol. The Balaban J connectivity index is 2.33. The molecule has 2 aromatic carbocycles. The van der Waals surface area contributed by atoms with Crippen molar-refractivity contribution in [2.45, 2.75) is 6.42 Å². The van der Waals surface area contributed by atoms with Gasteiger partial charge in [-0.2, -0.15) is 0 Å². The number of nitrogen functional groups attached to an aromatic ring is 1. The summed E-state index contributed by atoms with van der Waals surface area (Å²) in [5.74, 6) is -1.76. The second-order valence-electron chi connectivity index (χ2n) is 3.77. The summed E-state index contributed by atoms with van der Waals surface area (Å²) in [5.41, 5.74) is 5.93. The molecule has 2 aromatic rings. The van der Waals surface area contributed by atoms with Crippen LogP contribution < -0.4 is 5.73 Å². The van der Waals surface area contributed by atoms with Gasteiger partial charge in [0, 0.05) is 17.7 Å². The standard InChI is InChI=1S/C13H10F3N/c14-9-3-1-8(2-4-9)5-11-12(15)6-10(17)7-13(11)16/h1-4,6-7H,5,17H2. The van der Waals surface area contributed by atoms with Crippen molar-refractivity contribution in [3.05, 3.63) is 65.0 Å². The third-order valence-corrected chi connectivity index (χ3v) is 2.46. The van der Waals surface area contributed by atoms with Gasteiger partial charge in [-0.3, -0.25) is 0 Å². The maximum absolute atomic E-state index is 13.5. The quantitative estimate of drug-likeness (QED) is 0.797. The molecule has 0 heterocycles. The fraction of sp³-hybridized carbons (Fsp3) is 0.0769. The molecule has 0 aliphatic heterocycles. The van der Waals surface area contributed by atoms with E-state index < -0.39 is 11.6 Å². The Morgan fingerprint density at radius 2 is 1.41 bits per heavy atom. The number of halogens is 3. The van der Waals surface area contributed by atoms with Crippen molar-refractivity contribution in [3.63, 3.8) is 0 Å². The summed E-state index contributed by atoms with van der Waals surface area (Å²) in [7, 11) is 0. The second kappa shape index (κ2) is 4.49. The highest BCUT2D eigenvalue weighted by molar-refractivity contribution is 5.42. The van der Waals surface area contributed by atoms with E-state index in [0.29, 0.717) is 5.56 Å². The van der Waals surface area contributed by atoms with Gasteiger partial charge >= 0.3 is 0 Å². The highest BCUT2D eigenvalue weighted by atomic mass is 19.1. The van der Waals surface area contributed by atoms with Gasteiger partial charge in [-0.05, 0) is 29.8 Å². The number of hydrogen-bond donors (Lipinski definition) is 1. The average molecular weight is 237 g/mol. The van der Waals surface area contributed by atoms with Crippen molar-refractivity contribution in [2.24, 2.45) is 0 Å². The van der Waals surface area contributed by atoms with E-state index in [1.807, 2.05) is 0 Å². The number of hydrogen-bond acceptors (Lipinski definition) is 1. The van der Waals surface area contributed by atoms with Gasteiger partial charge in [0.15, 0.2) is 0 Å². The van der Waals surface area contributed by atoms with Crippen LogP contribution in [0.25, 0.3) is 0 Å². The zero-order chi connectivity index (χ0) is 12.4. The van der Waals surface area contributed by atoms with E-state index in [2.05, 4.69) is 0 Å². The highest BCUT2D eigenvalue weighted by Crippen LogP contribution is 2.20. The lowest BCUT2D eigenvalue weighted by Gasteiger charge is -2.06. The largest absolute Gasteiger partial charge is 0.399 e. The summed E-state index contributed by atoms with van der Waals surface area (Å²) in [6, 6.07) is 7.63. The molecule has 17 heavy (non-hydrogen) atoms. The van der Waals surface area contributed by atoms with E-state index in [1.165, 1.54) is 24.3 Å². The Bertz CT molecular complexity index is 512. The summed E-state index contributed by atoms with van der Waals surface area (Å²) in [5, 5.41) is 0. The first kappa shape index (κ1) is 11.5. The smallest absolute Gasteiger partial charge is 0.131 e. The molecule has 0 atom stereocenters. The molecule has 0 bridgehead atoms. The van der Waals surface area contributed by atoms with E-state index in [9.17, 15) is 13.2 Å². The summed E-state index contributed by atoms with van der Waals surface area (Å²) in [6.45, 7) is 0. The molecule has 2 N–H and O–H groups in total. The van der Waals surface area contributed by atoms with E-state index in [4.69, 9.17) is 5.73 Å². The van der Waals surface area contributed by atoms with Crippen molar-refractivity contribution in [2.75, 3.05) is 5.73 Å². The van der Waals surface area contributed by atoms with Crippen molar-refractivity contribution >= 4 is 5.69 Å². The van der Waals surface area contributed by atoms with Gasteiger partial charge < -0.3 is 5.73 Å². The van der Waals surface area contributed by atoms with Crippen LogP contribution >= 0.6 is 0 Å². The van der Waals surface area contributed by atoms with Gasteiger partial charge in [-0.1, -0.05) is 12.1 Å². The summed E-state index contributed by atoms with van der Waals surface area (Å²) in [6.07, 6.45) is 0.0677. The molecule has 0 aliphatic carbocycles. The Morgan fingerprint density at radius 3 is 1.94 bits per heavy atom. The third kappa shape index (κ3) is 2.58. The Labute approximate surface area is 96.7 Å². The molecule has 0 unspecified atom stereocenters. The van der Waals surface area contributed by atoms with Crippen LogP contribution in [0.5, 0.6) is 0 Å². The van der Waals surface area contributed by atoms with Crippen molar-refractivity contribution < 1.29 is 13.2 Å². The lowest BCUT2D eigenvalue weighted by Crippen LogP contribution is -1.99. The molecule has 0 saturated heterocycles. The lowest BCUT2D eigenvalue weighted by molar-refractivity contribution is 0.562. The van der Waals surface area contributed by atoms with E-state index in [0.717, 1.165) is 12.1 Å². The maximum atomic E-state index is 13.5. The summed E-state index contributed by atoms with van der Waals surface area (Å²) < 4.78 is 39.6. The second-order valence-corrected chi connectivity index (χ2v) is 3.77. The minimum absolute atomic E-state index is 0.0443. The minimum atomic E-state index is -0.688. The van der Waals surface area contributed by atoms with Crippen LogP contribution in [0.15, 0.2) is 36.4 Å². The number of anilines is 1. The molecule has 0 radical (unpaired) electrons. The van der Waals surface area contributed by atoms with Gasteiger partial charge in [0.05, 0.1) is 0 Å².